The maximum atomic E-state index is 12.2. The van der Waals surface area contributed by atoms with Gasteiger partial charge in [-0.2, -0.15) is 0 Å². The van der Waals surface area contributed by atoms with Gasteiger partial charge in [0.25, 0.3) is 0 Å². The molecule has 1 heterocycles. The van der Waals surface area contributed by atoms with Crippen molar-refractivity contribution in [2.45, 2.75) is 45.6 Å². The van der Waals surface area contributed by atoms with Crippen LogP contribution >= 0.6 is 0 Å². The maximum absolute atomic E-state index is 12.2. The molecule has 1 aromatic rings. The second-order valence-corrected chi connectivity index (χ2v) is 7.03. The lowest BCUT2D eigenvalue weighted by Crippen LogP contribution is -2.50. The van der Waals surface area contributed by atoms with Gasteiger partial charge in [0.1, 0.15) is 0 Å². The Balaban J connectivity index is 1.48. The minimum absolute atomic E-state index is 0.206. The summed E-state index contributed by atoms with van der Waals surface area (Å²) in [4.78, 5) is 16.9. The van der Waals surface area contributed by atoms with Gasteiger partial charge in [0, 0.05) is 37.9 Å². The van der Waals surface area contributed by atoms with Crippen LogP contribution in [0.2, 0.25) is 0 Å². The number of rotatable bonds is 4. The van der Waals surface area contributed by atoms with Gasteiger partial charge in [0.05, 0.1) is 6.54 Å². The van der Waals surface area contributed by atoms with E-state index < -0.39 is 0 Å². The molecule has 0 radical (unpaired) electrons. The van der Waals surface area contributed by atoms with E-state index in [0.29, 0.717) is 12.6 Å². The largest absolute Gasteiger partial charge is 0.369 e. The number of benzene rings is 1. The lowest BCUT2D eigenvalue weighted by Gasteiger charge is -2.36. The summed E-state index contributed by atoms with van der Waals surface area (Å²) in [6, 6.07) is 6.95. The second-order valence-electron chi connectivity index (χ2n) is 7.03. The summed E-state index contributed by atoms with van der Waals surface area (Å²) >= 11 is 0. The van der Waals surface area contributed by atoms with E-state index in [2.05, 4.69) is 47.2 Å². The number of anilines is 1. The van der Waals surface area contributed by atoms with Crippen molar-refractivity contribution in [1.29, 1.82) is 0 Å². The number of hydrogen-bond donors (Lipinski definition) is 1. The Bertz CT molecular complexity index is 544. The molecule has 126 valence electrons. The van der Waals surface area contributed by atoms with E-state index in [1.807, 2.05) is 0 Å². The Morgan fingerprint density at radius 1 is 1.13 bits per heavy atom. The van der Waals surface area contributed by atoms with Crippen LogP contribution in [0.15, 0.2) is 18.2 Å². The number of carbonyl (C=O) groups excluding carboxylic acids is 1. The average molecular weight is 315 g/mol. The van der Waals surface area contributed by atoms with Gasteiger partial charge in [-0.15, -0.1) is 0 Å². The first kappa shape index (κ1) is 16.3. The summed E-state index contributed by atoms with van der Waals surface area (Å²) in [6.07, 6.45) is 4.84. The Labute approximate surface area is 139 Å². The minimum Gasteiger partial charge on any atom is -0.369 e. The molecule has 1 aliphatic heterocycles. The summed E-state index contributed by atoms with van der Waals surface area (Å²) in [5, 5.41) is 3.19. The third-order valence-electron chi connectivity index (χ3n) is 5.38. The molecule has 4 nitrogen and oxygen atoms in total. The van der Waals surface area contributed by atoms with Crippen molar-refractivity contribution in [3.05, 3.63) is 29.3 Å². The molecule has 1 aliphatic carbocycles. The zero-order chi connectivity index (χ0) is 16.2. The fraction of sp³-hybridized carbons (Fsp3) is 0.632. The van der Waals surface area contributed by atoms with Gasteiger partial charge in [-0.25, -0.2) is 0 Å². The van der Waals surface area contributed by atoms with Gasteiger partial charge >= 0.3 is 0 Å². The molecular weight excluding hydrogens is 286 g/mol. The van der Waals surface area contributed by atoms with Crippen LogP contribution in [0.25, 0.3) is 0 Å². The zero-order valence-electron chi connectivity index (χ0n) is 14.5. The molecule has 0 atom stereocenters. The zero-order valence-corrected chi connectivity index (χ0v) is 14.5. The average Bonchev–Trinajstić information content (AvgIpc) is 3.04. The number of carbonyl (C=O) groups is 1. The van der Waals surface area contributed by atoms with Gasteiger partial charge in [0.2, 0.25) is 5.91 Å². The van der Waals surface area contributed by atoms with Gasteiger partial charge in [-0.1, -0.05) is 25.0 Å². The first-order chi connectivity index (χ1) is 11.1. The van der Waals surface area contributed by atoms with Crippen LogP contribution < -0.4 is 10.2 Å². The molecule has 1 saturated carbocycles. The number of piperazine rings is 1. The van der Waals surface area contributed by atoms with Crippen molar-refractivity contribution in [2.75, 3.05) is 37.6 Å². The number of amides is 1. The molecule has 4 heteroatoms. The van der Waals surface area contributed by atoms with Gasteiger partial charge in [-0.3, -0.25) is 9.69 Å². The topological polar surface area (TPSA) is 35.6 Å². The van der Waals surface area contributed by atoms with Gasteiger partial charge in [-0.05, 0) is 43.9 Å². The third-order valence-corrected chi connectivity index (χ3v) is 5.38. The maximum Gasteiger partial charge on any atom is 0.234 e. The predicted molar refractivity (Wildman–Crippen MR) is 95.0 cm³/mol. The quantitative estimate of drug-likeness (QED) is 0.927. The molecule has 2 aliphatic rings. The van der Waals surface area contributed by atoms with E-state index in [0.717, 1.165) is 39.0 Å². The first-order valence-corrected chi connectivity index (χ1v) is 8.96. The molecule has 3 rings (SSSR count). The molecule has 2 fully saturated rings. The minimum atomic E-state index is 0.206. The summed E-state index contributed by atoms with van der Waals surface area (Å²) in [5.41, 5.74) is 4.07. The molecule has 0 spiro atoms. The fourth-order valence-electron chi connectivity index (χ4n) is 3.77. The summed E-state index contributed by atoms with van der Waals surface area (Å²) in [6.45, 7) is 8.85. The highest BCUT2D eigenvalue weighted by Crippen LogP contribution is 2.23. The number of hydrogen-bond acceptors (Lipinski definition) is 3. The third kappa shape index (κ3) is 4.05. The Hall–Kier alpha value is -1.55. The van der Waals surface area contributed by atoms with Gasteiger partial charge < -0.3 is 10.2 Å². The van der Waals surface area contributed by atoms with Crippen LogP contribution in [-0.4, -0.2) is 49.6 Å². The second kappa shape index (κ2) is 7.35. The van der Waals surface area contributed by atoms with Crippen molar-refractivity contribution >= 4 is 11.6 Å². The molecule has 1 saturated heterocycles. The predicted octanol–water partition coefficient (Wildman–Crippen LogP) is 2.48. The highest BCUT2D eigenvalue weighted by Gasteiger charge is 2.22. The molecule has 0 bridgehead atoms. The summed E-state index contributed by atoms with van der Waals surface area (Å²) < 4.78 is 0. The van der Waals surface area contributed by atoms with Crippen LogP contribution in [0, 0.1) is 13.8 Å². The van der Waals surface area contributed by atoms with Crippen molar-refractivity contribution in [3.63, 3.8) is 0 Å². The number of aryl methyl sites for hydroxylation is 1. The van der Waals surface area contributed by atoms with Crippen LogP contribution in [0.1, 0.15) is 36.8 Å². The molecule has 23 heavy (non-hydrogen) atoms. The first-order valence-electron chi connectivity index (χ1n) is 8.96. The molecular formula is C19H29N3O. The smallest absolute Gasteiger partial charge is 0.234 e. The van der Waals surface area contributed by atoms with Gasteiger partial charge in [0.15, 0.2) is 0 Å². The summed E-state index contributed by atoms with van der Waals surface area (Å²) in [5.74, 6) is 0.206. The monoisotopic (exact) mass is 315 g/mol. The number of nitrogens with one attached hydrogen (secondary N) is 1. The van der Waals surface area contributed by atoms with E-state index >= 15 is 0 Å². The fourth-order valence-corrected chi connectivity index (χ4v) is 3.77. The van der Waals surface area contributed by atoms with E-state index in [9.17, 15) is 4.79 Å². The Kier molecular flexibility index (Phi) is 5.21. The van der Waals surface area contributed by atoms with E-state index in [1.54, 1.807) is 0 Å². The molecule has 1 N–H and O–H groups in total. The highest BCUT2D eigenvalue weighted by molar-refractivity contribution is 5.78. The van der Waals surface area contributed by atoms with E-state index in [-0.39, 0.29) is 5.91 Å². The Morgan fingerprint density at radius 3 is 2.52 bits per heavy atom. The normalized spacial score (nSPS) is 20.0. The lowest BCUT2D eigenvalue weighted by atomic mass is 10.1. The Morgan fingerprint density at radius 2 is 1.83 bits per heavy atom. The van der Waals surface area contributed by atoms with Crippen molar-refractivity contribution in [1.82, 2.24) is 10.2 Å². The van der Waals surface area contributed by atoms with E-state index in [1.165, 1.54) is 29.7 Å². The van der Waals surface area contributed by atoms with Crippen LogP contribution in [0.3, 0.4) is 0 Å². The molecule has 1 aromatic carbocycles. The van der Waals surface area contributed by atoms with Crippen LogP contribution in [0.5, 0.6) is 0 Å². The molecule has 1 amide bonds. The van der Waals surface area contributed by atoms with Crippen LogP contribution in [-0.2, 0) is 4.79 Å². The van der Waals surface area contributed by atoms with Crippen molar-refractivity contribution < 1.29 is 4.79 Å². The molecule has 0 unspecified atom stereocenters. The SMILES string of the molecule is Cc1cccc(N2CCN(CC(=O)NC3CCCC3)CC2)c1C. The molecule has 0 aromatic heterocycles. The lowest BCUT2D eigenvalue weighted by molar-refractivity contribution is -0.123. The number of nitrogens with zero attached hydrogens (tertiary/aromatic N) is 2. The van der Waals surface area contributed by atoms with E-state index in [4.69, 9.17) is 0 Å². The highest BCUT2D eigenvalue weighted by atomic mass is 16.2. The standard InChI is InChI=1S/C19H29N3O/c1-15-6-5-9-18(16(15)2)22-12-10-21(11-13-22)14-19(23)20-17-7-3-4-8-17/h5-6,9,17H,3-4,7-8,10-14H2,1-2H3,(H,20,23). The summed E-state index contributed by atoms with van der Waals surface area (Å²) in [7, 11) is 0. The van der Waals surface area contributed by atoms with Crippen molar-refractivity contribution in [3.8, 4) is 0 Å². The van der Waals surface area contributed by atoms with Crippen LogP contribution in [0.4, 0.5) is 5.69 Å². The van der Waals surface area contributed by atoms with Crippen molar-refractivity contribution in [2.24, 2.45) is 0 Å².